The third kappa shape index (κ3) is 3.22. The average Bonchev–Trinajstić information content (AvgIpc) is 2.78. The molecule has 2 aromatic heterocycles. The van der Waals surface area contributed by atoms with Gasteiger partial charge in [-0.1, -0.05) is 0 Å². The molecule has 8 heteroatoms. The Balaban J connectivity index is 2.42. The van der Waals surface area contributed by atoms with Gasteiger partial charge in [0.15, 0.2) is 0 Å². The van der Waals surface area contributed by atoms with E-state index < -0.39 is 14.9 Å². The van der Waals surface area contributed by atoms with E-state index in [1.54, 1.807) is 35.0 Å². The van der Waals surface area contributed by atoms with Gasteiger partial charge in [-0.2, -0.15) is 0 Å². The van der Waals surface area contributed by atoms with Crippen LogP contribution in [0.25, 0.3) is 11.6 Å². The van der Waals surface area contributed by atoms with Gasteiger partial charge in [0.05, 0.1) is 16.2 Å². The first kappa shape index (κ1) is 14.2. The normalized spacial score (nSPS) is 12.2. The molecule has 0 fully saturated rings. The zero-order valence-corrected chi connectivity index (χ0v) is 11.5. The molecule has 2 heterocycles. The Labute approximate surface area is 115 Å². The van der Waals surface area contributed by atoms with E-state index >= 15 is 0 Å². The Hall–Kier alpha value is -2.19. The smallest absolute Gasteiger partial charge is 0.235 e. The van der Waals surface area contributed by atoms with Crippen molar-refractivity contribution in [3.63, 3.8) is 0 Å². The van der Waals surface area contributed by atoms with E-state index in [-0.39, 0.29) is 5.75 Å². The summed E-state index contributed by atoms with van der Waals surface area (Å²) in [5.74, 6) is -0.135. The van der Waals surface area contributed by atoms with E-state index in [9.17, 15) is 18.5 Å². The fourth-order valence-electron chi connectivity index (χ4n) is 1.83. The molecule has 2 aromatic rings. The number of hydrogen-bond donors (Lipinski definition) is 1. The predicted molar refractivity (Wildman–Crippen MR) is 75.1 cm³/mol. The fourth-order valence-corrected chi connectivity index (χ4v) is 2.59. The van der Waals surface area contributed by atoms with Crippen molar-refractivity contribution in [1.82, 2.24) is 9.12 Å². The van der Waals surface area contributed by atoms with Crippen molar-refractivity contribution in [2.24, 2.45) is 0 Å². The summed E-state index contributed by atoms with van der Waals surface area (Å²) in [6.07, 6.45) is 5.71. The predicted octanol–water partition coefficient (Wildman–Crippen LogP) is 1.24. The van der Waals surface area contributed by atoms with Crippen LogP contribution in [0.3, 0.4) is 0 Å². The van der Waals surface area contributed by atoms with E-state index in [0.29, 0.717) is 16.6 Å². The maximum Gasteiger partial charge on any atom is 0.235 e. The maximum absolute atomic E-state index is 11.5. The first-order valence-electron chi connectivity index (χ1n) is 5.74. The summed E-state index contributed by atoms with van der Waals surface area (Å²) in [6.45, 7) is 0. The van der Waals surface area contributed by atoms with Gasteiger partial charge in [-0.25, -0.2) is 13.1 Å². The summed E-state index contributed by atoms with van der Waals surface area (Å²) >= 11 is 0. The fraction of sp³-hybridized carbons (Fsp3) is 0.167. The lowest BCUT2D eigenvalue weighted by molar-refractivity contribution is -0.400. The van der Waals surface area contributed by atoms with Gasteiger partial charge >= 0.3 is 0 Å². The minimum atomic E-state index is -3.35. The van der Waals surface area contributed by atoms with Crippen LogP contribution in [0.15, 0.2) is 36.8 Å². The Kier molecular flexibility index (Phi) is 3.86. The number of rotatable bonds is 5. The lowest BCUT2D eigenvalue weighted by Crippen LogP contribution is -2.20. The molecule has 0 aliphatic rings. The lowest BCUT2D eigenvalue weighted by atomic mass is 10.2. The number of pyridine rings is 1. The first-order valence-corrected chi connectivity index (χ1v) is 7.39. The molecule has 0 aromatic carbocycles. The second kappa shape index (κ2) is 5.43. The summed E-state index contributed by atoms with van der Waals surface area (Å²) in [7, 11) is -1.99. The summed E-state index contributed by atoms with van der Waals surface area (Å²) in [5.41, 5.74) is 1.98. The number of nitrogens with zero attached hydrogens (tertiary/aromatic N) is 2. The largest absolute Gasteiger partial charge is 0.323 e. The number of sulfonamides is 1. The van der Waals surface area contributed by atoms with Crippen molar-refractivity contribution < 1.29 is 13.3 Å². The molecule has 106 valence electrons. The van der Waals surface area contributed by atoms with Gasteiger partial charge in [0.2, 0.25) is 16.2 Å². The van der Waals surface area contributed by atoms with Gasteiger partial charge in [0.1, 0.15) is 0 Å². The highest BCUT2D eigenvalue weighted by molar-refractivity contribution is 7.88. The van der Waals surface area contributed by atoms with Gasteiger partial charge in [-0.05, 0) is 30.8 Å². The quantitative estimate of drug-likeness (QED) is 0.663. The van der Waals surface area contributed by atoms with Crippen LogP contribution < -0.4 is 4.72 Å². The molecule has 0 aliphatic heterocycles. The Bertz CT molecular complexity index is 777. The zero-order valence-electron chi connectivity index (χ0n) is 10.7. The lowest BCUT2D eigenvalue weighted by Gasteiger charge is -2.04. The number of aromatic nitrogens is 1. The third-order valence-corrected chi connectivity index (χ3v) is 4.14. The average molecular weight is 295 g/mol. The summed E-state index contributed by atoms with van der Waals surface area (Å²) in [4.78, 5) is 9.81. The molecule has 0 saturated heterocycles. The molecule has 0 radical (unpaired) electrons. The van der Waals surface area contributed by atoms with Crippen LogP contribution in [0.4, 0.5) is 0 Å². The van der Waals surface area contributed by atoms with E-state index in [2.05, 4.69) is 4.72 Å². The highest BCUT2D eigenvalue weighted by Gasteiger charge is 2.10. The van der Waals surface area contributed by atoms with Gasteiger partial charge in [0, 0.05) is 24.0 Å². The summed E-state index contributed by atoms with van der Waals surface area (Å²) in [5, 5.41) is 10.3. The zero-order chi connectivity index (χ0) is 14.8. The van der Waals surface area contributed by atoms with Crippen LogP contribution in [0.2, 0.25) is 0 Å². The first-order chi connectivity index (χ1) is 9.41. The van der Waals surface area contributed by atoms with Crippen LogP contribution >= 0.6 is 0 Å². The molecule has 0 spiro atoms. The minimum Gasteiger partial charge on any atom is -0.323 e. The monoisotopic (exact) mass is 295 g/mol. The maximum atomic E-state index is 11.5. The SMILES string of the molecule is CNS(=O)(=O)Cc1ccn2ccc(/C=C/[N+](=O)[O-])c2c1. The van der Waals surface area contributed by atoms with E-state index in [1.807, 2.05) is 0 Å². The minimum absolute atomic E-state index is 0.135. The number of nitrogens with one attached hydrogen (secondary N) is 1. The van der Waals surface area contributed by atoms with Gasteiger partial charge in [-0.3, -0.25) is 10.1 Å². The van der Waals surface area contributed by atoms with Crippen LogP contribution in [0, 0.1) is 10.1 Å². The second-order valence-electron chi connectivity index (χ2n) is 4.16. The Morgan fingerprint density at radius 2 is 2.10 bits per heavy atom. The molecular formula is C12H13N3O4S. The van der Waals surface area contributed by atoms with Crippen molar-refractivity contribution in [2.75, 3.05) is 7.05 Å². The van der Waals surface area contributed by atoms with Gasteiger partial charge < -0.3 is 4.40 Å². The van der Waals surface area contributed by atoms with Crippen LogP contribution in [-0.4, -0.2) is 24.8 Å². The van der Waals surface area contributed by atoms with Crippen LogP contribution in [0.1, 0.15) is 11.1 Å². The van der Waals surface area contributed by atoms with Crippen LogP contribution in [-0.2, 0) is 15.8 Å². The number of hydrogen-bond acceptors (Lipinski definition) is 4. The molecule has 0 unspecified atom stereocenters. The topological polar surface area (TPSA) is 93.7 Å². The second-order valence-corrected chi connectivity index (χ2v) is 6.09. The van der Waals surface area contributed by atoms with E-state index in [0.717, 1.165) is 6.20 Å². The van der Waals surface area contributed by atoms with Crippen molar-refractivity contribution in [3.8, 4) is 0 Å². The van der Waals surface area contributed by atoms with E-state index in [1.165, 1.54) is 13.1 Å². The molecule has 1 N–H and O–H groups in total. The van der Waals surface area contributed by atoms with Gasteiger partial charge in [-0.15, -0.1) is 0 Å². The molecule has 7 nitrogen and oxygen atoms in total. The molecule has 2 rings (SSSR count). The van der Waals surface area contributed by atoms with E-state index in [4.69, 9.17) is 0 Å². The molecule has 0 atom stereocenters. The molecule has 0 aliphatic carbocycles. The summed E-state index contributed by atoms with van der Waals surface area (Å²) < 4.78 is 27.1. The third-order valence-electron chi connectivity index (χ3n) is 2.80. The molecule has 0 saturated carbocycles. The van der Waals surface area contributed by atoms with Crippen molar-refractivity contribution >= 4 is 21.6 Å². The molecular weight excluding hydrogens is 282 g/mol. The highest BCUT2D eigenvalue weighted by Crippen LogP contribution is 2.17. The molecule has 0 amide bonds. The molecule has 0 bridgehead atoms. The van der Waals surface area contributed by atoms with Crippen molar-refractivity contribution in [3.05, 3.63) is 58.0 Å². The molecule has 20 heavy (non-hydrogen) atoms. The number of fused-ring (bicyclic) bond motifs is 1. The standard InChI is InChI=1S/C12H13N3O4S/c1-13-20(18,19)9-10-2-5-14-6-3-11(12(14)8-10)4-7-15(16)17/h2-8,13H,9H2,1H3/b7-4+. The van der Waals surface area contributed by atoms with Crippen molar-refractivity contribution in [2.45, 2.75) is 5.75 Å². The Morgan fingerprint density at radius 1 is 1.40 bits per heavy atom. The number of nitro groups is 1. The van der Waals surface area contributed by atoms with Crippen molar-refractivity contribution in [1.29, 1.82) is 0 Å². The van der Waals surface area contributed by atoms with Crippen LogP contribution in [0.5, 0.6) is 0 Å². The Morgan fingerprint density at radius 3 is 2.75 bits per heavy atom. The van der Waals surface area contributed by atoms with Gasteiger partial charge in [0.25, 0.3) is 0 Å². The highest BCUT2D eigenvalue weighted by atomic mass is 32.2. The summed E-state index contributed by atoms with van der Waals surface area (Å²) in [6, 6.07) is 5.13.